The van der Waals surface area contributed by atoms with Crippen LogP contribution in [0.25, 0.3) is 5.57 Å². The maximum absolute atomic E-state index is 12.7. The second kappa shape index (κ2) is 6.67. The number of rotatable bonds is 4. The molecule has 2 aromatic carbocycles. The predicted octanol–water partition coefficient (Wildman–Crippen LogP) is 4.26. The van der Waals surface area contributed by atoms with Gasteiger partial charge >= 0.3 is 0 Å². The Morgan fingerprint density at radius 2 is 1.54 bits per heavy atom. The number of amides is 2. The number of anilines is 1. The van der Waals surface area contributed by atoms with E-state index < -0.39 is 11.8 Å². The molecule has 24 heavy (non-hydrogen) atoms. The smallest absolute Gasteiger partial charge is 0.277 e. The fourth-order valence-electron chi connectivity index (χ4n) is 2.46. The van der Waals surface area contributed by atoms with E-state index in [1.807, 2.05) is 6.92 Å². The summed E-state index contributed by atoms with van der Waals surface area (Å²) in [6.45, 7) is 2.42. The first kappa shape index (κ1) is 16.6. The molecule has 1 aliphatic rings. The average molecular weight is 362 g/mol. The number of carbonyl (C=O) groups is 2. The Balaban J connectivity index is 1.94. The summed E-state index contributed by atoms with van der Waals surface area (Å²) in [6, 6.07) is 13.3. The molecule has 0 unspecified atom stereocenters. The monoisotopic (exact) mass is 361 g/mol. The van der Waals surface area contributed by atoms with Crippen molar-refractivity contribution in [1.82, 2.24) is 0 Å². The highest BCUT2D eigenvalue weighted by atomic mass is 35.5. The fraction of sp³-hybridized carbons (Fsp3) is 0.111. The van der Waals surface area contributed by atoms with Crippen molar-refractivity contribution in [1.29, 1.82) is 0 Å². The molecule has 0 aromatic heterocycles. The van der Waals surface area contributed by atoms with Gasteiger partial charge in [0.25, 0.3) is 11.8 Å². The van der Waals surface area contributed by atoms with Crippen molar-refractivity contribution in [3.05, 3.63) is 64.1 Å². The molecule has 0 atom stereocenters. The third-order valence-electron chi connectivity index (χ3n) is 3.57. The van der Waals surface area contributed by atoms with Gasteiger partial charge in [0.05, 0.1) is 17.9 Å². The summed E-state index contributed by atoms with van der Waals surface area (Å²) in [7, 11) is 0. The highest BCUT2D eigenvalue weighted by Crippen LogP contribution is 2.35. The number of imide groups is 1. The Hall–Kier alpha value is -2.30. The van der Waals surface area contributed by atoms with Crippen LogP contribution < -0.4 is 9.64 Å². The Bertz CT molecular complexity index is 826. The van der Waals surface area contributed by atoms with Gasteiger partial charge in [-0.15, -0.1) is 0 Å². The molecule has 0 saturated heterocycles. The van der Waals surface area contributed by atoms with Crippen molar-refractivity contribution in [3.8, 4) is 5.75 Å². The van der Waals surface area contributed by atoms with Crippen molar-refractivity contribution >= 4 is 46.3 Å². The first-order chi connectivity index (χ1) is 11.5. The van der Waals surface area contributed by atoms with E-state index >= 15 is 0 Å². The third kappa shape index (κ3) is 2.90. The Labute approximate surface area is 149 Å². The van der Waals surface area contributed by atoms with Gasteiger partial charge in [-0.25, -0.2) is 4.90 Å². The van der Waals surface area contributed by atoms with Crippen LogP contribution in [-0.2, 0) is 9.59 Å². The average Bonchev–Trinajstić information content (AvgIpc) is 2.80. The standard InChI is InChI=1S/C18H13Cl2NO3/c1-2-24-14-9-7-13(8-10-14)21-17(22)15(16(20)18(21)23)11-3-5-12(19)6-4-11/h3-10H,2H2,1H3. The van der Waals surface area contributed by atoms with E-state index in [1.165, 1.54) is 0 Å². The molecule has 2 aromatic rings. The quantitative estimate of drug-likeness (QED) is 0.764. The lowest BCUT2D eigenvalue weighted by Crippen LogP contribution is -2.31. The van der Waals surface area contributed by atoms with E-state index in [2.05, 4.69) is 0 Å². The van der Waals surface area contributed by atoms with Crippen molar-refractivity contribution in [2.24, 2.45) is 0 Å². The Morgan fingerprint density at radius 3 is 2.12 bits per heavy atom. The summed E-state index contributed by atoms with van der Waals surface area (Å²) >= 11 is 12.0. The zero-order valence-corrected chi connectivity index (χ0v) is 14.3. The Kier molecular flexibility index (Phi) is 4.60. The maximum atomic E-state index is 12.7. The highest BCUT2D eigenvalue weighted by molar-refractivity contribution is 6.60. The molecule has 1 aliphatic heterocycles. The molecular weight excluding hydrogens is 349 g/mol. The topological polar surface area (TPSA) is 46.6 Å². The SMILES string of the molecule is CCOc1ccc(N2C(=O)C(Cl)=C(c3ccc(Cl)cc3)C2=O)cc1. The van der Waals surface area contributed by atoms with E-state index in [-0.39, 0.29) is 10.6 Å². The van der Waals surface area contributed by atoms with Gasteiger partial charge in [0.1, 0.15) is 10.8 Å². The molecule has 4 nitrogen and oxygen atoms in total. The van der Waals surface area contributed by atoms with Gasteiger partial charge in [-0.1, -0.05) is 35.3 Å². The van der Waals surface area contributed by atoms with E-state index in [1.54, 1.807) is 48.5 Å². The van der Waals surface area contributed by atoms with Gasteiger partial charge < -0.3 is 4.74 Å². The third-order valence-corrected chi connectivity index (χ3v) is 4.17. The number of ether oxygens (including phenoxy) is 1. The lowest BCUT2D eigenvalue weighted by molar-refractivity contribution is -0.119. The molecule has 6 heteroatoms. The van der Waals surface area contributed by atoms with Gasteiger partial charge in [0, 0.05) is 5.02 Å². The second-order valence-electron chi connectivity index (χ2n) is 5.07. The molecule has 122 valence electrons. The van der Waals surface area contributed by atoms with Crippen LogP contribution in [-0.4, -0.2) is 18.4 Å². The van der Waals surface area contributed by atoms with Gasteiger partial charge in [-0.2, -0.15) is 0 Å². The summed E-state index contributed by atoms with van der Waals surface area (Å²) in [5.74, 6) is -0.343. The highest BCUT2D eigenvalue weighted by Gasteiger charge is 2.39. The van der Waals surface area contributed by atoms with Gasteiger partial charge in [-0.05, 0) is 48.9 Å². The van der Waals surface area contributed by atoms with Gasteiger partial charge in [0.2, 0.25) is 0 Å². The van der Waals surface area contributed by atoms with Crippen LogP contribution in [0.5, 0.6) is 5.75 Å². The minimum Gasteiger partial charge on any atom is -0.494 e. The van der Waals surface area contributed by atoms with Crippen LogP contribution in [0.2, 0.25) is 5.02 Å². The van der Waals surface area contributed by atoms with Crippen molar-refractivity contribution in [3.63, 3.8) is 0 Å². The van der Waals surface area contributed by atoms with Crippen LogP contribution in [0.4, 0.5) is 5.69 Å². The number of carbonyl (C=O) groups excluding carboxylic acids is 2. The lowest BCUT2D eigenvalue weighted by Gasteiger charge is -2.15. The number of nitrogens with zero attached hydrogens (tertiary/aromatic N) is 1. The molecule has 0 spiro atoms. The summed E-state index contributed by atoms with van der Waals surface area (Å²) in [5, 5.41) is 0.437. The predicted molar refractivity (Wildman–Crippen MR) is 94.3 cm³/mol. The van der Waals surface area contributed by atoms with Crippen LogP contribution >= 0.6 is 23.2 Å². The summed E-state index contributed by atoms with van der Waals surface area (Å²) < 4.78 is 5.36. The molecule has 0 aliphatic carbocycles. The number of benzene rings is 2. The number of halogens is 2. The van der Waals surface area contributed by atoms with Gasteiger partial charge in [-0.3, -0.25) is 9.59 Å². The molecule has 1 heterocycles. The van der Waals surface area contributed by atoms with Crippen LogP contribution in [0.1, 0.15) is 12.5 Å². The van der Waals surface area contributed by atoms with Crippen molar-refractivity contribution in [2.45, 2.75) is 6.92 Å². The Morgan fingerprint density at radius 1 is 0.917 bits per heavy atom. The van der Waals surface area contributed by atoms with E-state index in [0.29, 0.717) is 28.6 Å². The summed E-state index contributed by atoms with van der Waals surface area (Å²) in [6.07, 6.45) is 0. The zero-order chi connectivity index (χ0) is 17.3. The largest absolute Gasteiger partial charge is 0.494 e. The molecule has 0 radical (unpaired) electrons. The normalized spacial score (nSPS) is 14.5. The summed E-state index contributed by atoms with van der Waals surface area (Å²) in [5.41, 5.74) is 1.17. The molecule has 0 fully saturated rings. The van der Waals surface area contributed by atoms with E-state index in [4.69, 9.17) is 27.9 Å². The van der Waals surface area contributed by atoms with Crippen molar-refractivity contribution in [2.75, 3.05) is 11.5 Å². The molecule has 3 rings (SSSR count). The number of hydrogen-bond acceptors (Lipinski definition) is 3. The van der Waals surface area contributed by atoms with Crippen LogP contribution in [0.3, 0.4) is 0 Å². The van der Waals surface area contributed by atoms with E-state index in [9.17, 15) is 9.59 Å². The minimum atomic E-state index is -0.546. The maximum Gasteiger partial charge on any atom is 0.277 e. The molecule has 0 saturated carbocycles. The van der Waals surface area contributed by atoms with Crippen molar-refractivity contribution < 1.29 is 14.3 Å². The lowest BCUT2D eigenvalue weighted by atomic mass is 10.1. The minimum absolute atomic E-state index is 0.101. The first-order valence-electron chi connectivity index (χ1n) is 7.30. The number of hydrogen-bond donors (Lipinski definition) is 0. The zero-order valence-electron chi connectivity index (χ0n) is 12.8. The van der Waals surface area contributed by atoms with Crippen LogP contribution in [0.15, 0.2) is 53.6 Å². The second-order valence-corrected chi connectivity index (χ2v) is 5.88. The molecule has 0 bridgehead atoms. The van der Waals surface area contributed by atoms with E-state index in [0.717, 1.165) is 4.90 Å². The molecule has 0 N–H and O–H groups in total. The van der Waals surface area contributed by atoms with Gasteiger partial charge in [0.15, 0.2) is 0 Å². The molecular formula is C18H13Cl2NO3. The fourth-order valence-corrected chi connectivity index (χ4v) is 2.86. The molecule has 2 amide bonds. The summed E-state index contributed by atoms with van der Waals surface area (Å²) in [4.78, 5) is 26.2. The van der Waals surface area contributed by atoms with Crippen LogP contribution in [0, 0.1) is 0 Å². The first-order valence-corrected chi connectivity index (χ1v) is 8.06.